The van der Waals surface area contributed by atoms with Gasteiger partial charge < -0.3 is 4.57 Å². The second-order valence-corrected chi connectivity index (χ2v) is 6.15. The third kappa shape index (κ3) is 3.65. The number of benzene rings is 2. The van der Waals surface area contributed by atoms with Crippen molar-refractivity contribution in [3.8, 4) is 16.9 Å². The summed E-state index contributed by atoms with van der Waals surface area (Å²) in [6.45, 7) is 4.20. The van der Waals surface area contributed by atoms with E-state index in [-0.39, 0.29) is 0 Å². The molecule has 118 valence electrons. The van der Waals surface area contributed by atoms with Crippen molar-refractivity contribution in [2.24, 2.45) is 5.90 Å². The minimum absolute atomic E-state index is 0.917. The summed E-state index contributed by atoms with van der Waals surface area (Å²) in [4.78, 5) is 5.02. The summed E-state index contributed by atoms with van der Waals surface area (Å²) in [6.07, 6.45) is 2.14. The van der Waals surface area contributed by atoms with Crippen LogP contribution in [0.1, 0.15) is 11.1 Å². The van der Waals surface area contributed by atoms with Gasteiger partial charge in [0, 0.05) is 16.8 Å². The number of nitrogens with two attached hydrogens (primary N) is 1. The van der Waals surface area contributed by atoms with Crippen molar-refractivity contribution in [3.05, 3.63) is 71.9 Å². The smallest absolute Gasteiger partial charge is 0.0702 e. The van der Waals surface area contributed by atoms with Gasteiger partial charge in [0.25, 0.3) is 0 Å². The summed E-state index contributed by atoms with van der Waals surface area (Å²) < 4.78 is 6.85. The standard InChI is InChI=1S/C18H18N2O2S/c1-13-3-5-15(6-4-13)18-11-14(2)12-20(18)16-7-9-17(10-8-16)23-22-21-19/h3-12H,19H2,1-2H3. The molecule has 3 rings (SSSR count). The van der Waals surface area contributed by atoms with Crippen LogP contribution in [-0.2, 0) is 9.32 Å². The molecule has 0 saturated heterocycles. The summed E-state index contributed by atoms with van der Waals surface area (Å²) in [7, 11) is 0. The number of hydrogen-bond donors (Lipinski definition) is 1. The quantitative estimate of drug-likeness (QED) is 0.423. The topological polar surface area (TPSA) is 49.4 Å². The molecule has 5 heteroatoms. The van der Waals surface area contributed by atoms with E-state index in [1.807, 2.05) is 24.3 Å². The molecule has 0 radical (unpaired) electrons. The Morgan fingerprint density at radius 1 is 0.913 bits per heavy atom. The molecule has 23 heavy (non-hydrogen) atoms. The van der Waals surface area contributed by atoms with Crippen LogP contribution in [0.5, 0.6) is 0 Å². The average molecular weight is 326 g/mol. The summed E-state index contributed by atoms with van der Waals surface area (Å²) in [6, 6.07) is 18.8. The monoisotopic (exact) mass is 326 g/mol. The Bertz CT molecular complexity index is 780. The van der Waals surface area contributed by atoms with E-state index < -0.39 is 0 Å². The molecule has 0 aliphatic carbocycles. The molecule has 0 aliphatic heterocycles. The predicted molar refractivity (Wildman–Crippen MR) is 92.9 cm³/mol. The lowest BCUT2D eigenvalue weighted by Crippen LogP contribution is -1.96. The van der Waals surface area contributed by atoms with Gasteiger partial charge in [0.2, 0.25) is 0 Å². The van der Waals surface area contributed by atoms with Crippen molar-refractivity contribution in [2.45, 2.75) is 18.7 Å². The first kappa shape index (κ1) is 15.8. The number of aryl methyl sites for hydroxylation is 2. The molecule has 3 aromatic rings. The summed E-state index contributed by atoms with van der Waals surface area (Å²) in [5, 5.41) is 0. The first-order chi connectivity index (χ1) is 11.2. The highest BCUT2D eigenvalue weighted by Gasteiger charge is 2.08. The molecule has 0 fully saturated rings. The van der Waals surface area contributed by atoms with Crippen LogP contribution in [0.4, 0.5) is 0 Å². The molecule has 2 N–H and O–H groups in total. The van der Waals surface area contributed by atoms with Crippen LogP contribution in [0.2, 0.25) is 0 Å². The Balaban J connectivity index is 1.95. The van der Waals surface area contributed by atoms with Crippen LogP contribution in [0, 0.1) is 13.8 Å². The lowest BCUT2D eigenvalue weighted by Gasteiger charge is -2.10. The van der Waals surface area contributed by atoms with Crippen LogP contribution in [0.25, 0.3) is 16.9 Å². The lowest BCUT2D eigenvalue weighted by atomic mass is 10.1. The molecule has 0 bridgehead atoms. The number of aromatic nitrogens is 1. The average Bonchev–Trinajstić information content (AvgIpc) is 2.96. The minimum atomic E-state index is 0.917. The van der Waals surface area contributed by atoms with Crippen molar-refractivity contribution in [2.75, 3.05) is 0 Å². The lowest BCUT2D eigenvalue weighted by molar-refractivity contribution is -0.195. The van der Waals surface area contributed by atoms with Gasteiger partial charge in [-0.15, -0.1) is 9.32 Å². The molecule has 2 aromatic carbocycles. The van der Waals surface area contributed by atoms with Gasteiger partial charge in [0.05, 0.1) is 17.7 Å². The molecule has 1 aromatic heterocycles. The molecule has 0 amide bonds. The molecule has 1 heterocycles. The van der Waals surface area contributed by atoms with Gasteiger partial charge in [-0.3, -0.25) is 0 Å². The van der Waals surface area contributed by atoms with Crippen LogP contribution >= 0.6 is 12.0 Å². The van der Waals surface area contributed by atoms with Crippen LogP contribution in [0.15, 0.2) is 65.7 Å². The summed E-state index contributed by atoms with van der Waals surface area (Å²) in [5.41, 5.74) is 5.93. The summed E-state index contributed by atoms with van der Waals surface area (Å²) >= 11 is 1.08. The van der Waals surface area contributed by atoms with Gasteiger partial charge in [0.15, 0.2) is 0 Å². The fourth-order valence-electron chi connectivity index (χ4n) is 2.48. The zero-order chi connectivity index (χ0) is 16.2. The van der Waals surface area contributed by atoms with E-state index in [9.17, 15) is 0 Å². The van der Waals surface area contributed by atoms with Crippen molar-refractivity contribution >= 4 is 12.0 Å². The Labute approximate surface area is 139 Å². The third-order valence-electron chi connectivity index (χ3n) is 3.59. The number of rotatable bonds is 5. The molecule has 0 atom stereocenters. The highest BCUT2D eigenvalue weighted by atomic mass is 32.2. The zero-order valence-electron chi connectivity index (χ0n) is 13.0. The third-order valence-corrected chi connectivity index (χ3v) is 4.20. The van der Waals surface area contributed by atoms with Gasteiger partial charge in [-0.2, -0.15) is 5.90 Å². The molecule has 4 nitrogen and oxygen atoms in total. The Hall–Kier alpha value is -2.05. The maximum absolute atomic E-state index is 4.85. The fourth-order valence-corrected chi connectivity index (χ4v) is 2.84. The van der Waals surface area contributed by atoms with Crippen molar-refractivity contribution in [1.29, 1.82) is 0 Å². The molecule has 0 aliphatic rings. The Morgan fingerprint density at radius 2 is 1.61 bits per heavy atom. The first-order valence-electron chi connectivity index (χ1n) is 7.24. The van der Waals surface area contributed by atoms with E-state index in [1.54, 1.807) is 0 Å². The van der Waals surface area contributed by atoms with E-state index in [0.29, 0.717) is 0 Å². The SMILES string of the molecule is Cc1ccc(-c2cc(C)cn2-c2ccc(SOON)cc2)cc1. The van der Waals surface area contributed by atoms with Crippen molar-refractivity contribution < 1.29 is 9.32 Å². The maximum atomic E-state index is 4.85. The van der Waals surface area contributed by atoms with Crippen molar-refractivity contribution in [3.63, 3.8) is 0 Å². The zero-order valence-corrected chi connectivity index (χ0v) is 13.8. The van der Waals surface area contributed by atoms with E-state index in [4.69, 9.17) is 5.90 Å². The largest absolute Gasteiger partial charge is 0.316 e. The molecule has 0 unspecified atom stereocenters. The highest BCUT2D eigenvalue weighted by molar-refractivity contribution is 7.94. The van der Waals surface area contributed by atoms with Gasteiger partial charge in [-0.25, -0.2) is 0 Å². The predicted octanol–water partition coefficient (Wildman–Crippen LogP) is 4.59. The van der Waals surface area contributed by atoms with Crippen LogP contribution < -0.4 is 5.90 Å². The van der Waals surface area contributed by atoms with Gasteiger partial charge in [-0.05, 0) is 55.3 Å². The van der Waals surface area contributed by atoms with Crippen LogP contribution in [-0.4, -0.2) is 4.57 Å². The first-order valence-corrected chi connectivity index (χ1v) is 7.98. The second kappa shape index (κ2) is 7.02. The van der Waals surface area contributed by atoms with E-state index in [0.717, 1.165) is 22.6 Å². The highest BCUT2D eigenvalue weighted by Crippen LogP contribution is 2.27. The van der Waals surface area contributed by atoms with Gasteiger partial charge in [0.1, 0.15) is 0 Å². The fraction of sp³-hybridized carbons (Fsp3) is 0.111. The minimum Gasteiger partial charge on any atom is -0.316 e. The van der Waals surface area contributed by atoms with E-state index in [1.165, 1.54) is 22.4 Å². The van der Waals surface area contributed by atoms with Crippen LogP contribution in [0.3, 0.4) is 0 Å². The Kier molecular flexibility index (Phi) is 4.83. The molecular formula is C18H18N2O2S. The molecule has 0 spiro atoms. The maximum Gasteiger partial charge on any atom is 0.0702 e. The number of nitrogens with zero attached hydrogens (tertiary/aromatic N) is 1. The Morgan fingerprint density at radius 3 is 2.26 bits per heavy atom. The number of hydrogen-bond acceptors (Lipinski definition) is 4. The van der Waals surface area contributed by atoms with E-state index in [2.05, 4.69) is 64.3 Å². The van der Waals surface area contributed by atoms with Gasteiger partial charge in [-0.1, -0.05) is 29.8 Å². The van der Waals surface area contributed by atoms with Gasteiger partial charge >= 0.3 is 0 Å². The molecule has 0 saturated carbocycles. The normalized spacial score (nSPS) is 10.9. The second-order valence-electron chi connectivity index (χ2n) is 5.38. The molecular weight excluding hydrogens is 308 g/mol. The van der Waals surface area contributed by atoms with E-state index >= 15 is 0 Å². The summed E-state index contributed by atoms with van der Waals surface area (Å²) in [5.74, 6) is 4.85. The van der Waals surface area contributed by atoms with Crippen molar-refractivity contribution in [1.82, 2.24) is 4.57 Å².